The van der Waals surface area contributed by atoms with Crippen molar-refractivity contribution < 1.29 is 27.8 Å². The lowest BCUT2D eigenvalue weighted by molar-refractivity contribution is -0.143. The standard InChI is InChI=1S/C26H32F3N3O3/c27-26(28,29)19-9-7-18(8-10-19)24(25(33)34)32-15-13-21(17-32)35-16-3-1-2-5-20-11-12-22-23(31-20)6-4-14-30-22/h7-12,21,24,30H,1-6,13-17H2,(H,33,34)/t21-,24?/m1/s1. The monoisotopic (exact) mass is 491 g/mol. The van der Waals surface area contributed by atoms with Crippen LogP contribution in [0, 0.1) is 0 Å². The number of pyridine rings is 1. The number of aliphatic carboxylic acids is 1. The van der Waals surface area contributed by atoms with Crippen molar-refractivity contribution in [3.8, 4) is 0 Å². The van der Waals surface area contributed by atoms with Gasteiger partial charge in [0.05, 0.1) is 23.0 Å². The van der Waals surface area contributed by atoms with Gasteiger partial charge in [0.15, 0.2) is 0 Å². The van der Waals surface area contributed by atoms with Gasteiger partial charge in [-0.2, -0.15) is 13.2 Å². The maximum absolute atomic E-state index is 12.8. The molecule has 0 radical (unpaired) electrons. The number of carboxylic acid groups (broad SMARTS) is 1. The average molecular weight is 492 g/mol. The number of aromatic nitrogens is 1. The summed E-state index contributed by atoms with van der Waals surface area (Å²) in [6.45, 7) is 2.60. The number of nitrogens with zero attached hydrogens (tertiary/aromatic N) is 2. The first-order chi connectivity index (χ1) is 16.8. The SMILES string of the molecule is O=C(O)C(c1ccc(C(F)(F)F)cc1)N1CC[C@@H](OCCCCCc2ccc3c(n2)CCCN3)C1. The third-order valence-electron chi connectivity index (χ3n) is 6.70. The highest BCUT2D eigenvalue weighted by Crippen LogP contribution is 2.32. The molecule has 2 atom stereocenters. The van der Waals surface area contributed by atoms with E-state index in [2.05, 4.69) is 17.4 Å². The van der Waals surface area contributed by atoms with Crippen LogP contribution < -0.4 is 5.32 Å². The highest BCUT2D eigenvalue weighted by molar-refractivity contribution is 5.75. The number of unbranched alkanes of at least 4 members (excludes halogenated alkanes) is 2. The zero-order valence-corrected chi connectivity index (χ0v) is 19.7. The molecule has 0 spiro atoms. The minimum absolute atomic E-state index is 0.0684. The van der Waals surface area contributed by atoms with Crippen LogP contribution >= 0.6 is 0 Å². The lowest BCUT2D eigenvalue weighted by Gasteiger charge is -2.25. The summed E-state index contributed by atoms with van der Waals surface area (Å²) in [5.41, 5.74) is 3.01. The van der Waals surface area contributed by atoms with Gasteiger partial charge in [0.25, 0.3) is 0 Å². The average Bonchev–Trinajstić information content (AvgIpc) is 3.29. The van der Waals surface area contributed by atoms with E-state index in [-0.39, 0.29) is 6.10 Å². The maximum atomic E-state index is 12.8. The minimum Gasteiger partial charge on any atom is -0.480 e. The predicted molar refractivity (Wildman–Crippen MR) is 126 cm³/mol. The molecule has 0 saturated carbocycles. The number of nitrogens with one attached hydrogen (secondary N) is 1. The molecule has 2 aliphatic heterocycles. The Morgan fingerprint density at radius 3 is 2.71 bits per heavy atom. The first kappa shape index (κ1) is 25.4. The van der Waals surface area contributed by atoms with Crippen LogP contribution in [0.25, 0.3) is 0 Å². The summed E-state index contributed by atoms with van der Waals surface area (Å²) in [6, 6.07) is 7.62. The Balaban J connectivity index is 1.18. The zero-order valence-electron chi connectivity index (χ0n) is 19.7. The molecule has 190 valence electrons. The van der Waals surface area contributed by atoms with Crippen LogP contribution in [-0.4, -0.2) is 53.3 Å². The van der Waals surface area contributed by atoms with Gasteiger partial charge >= 0.3 is 12.1 Å². The molecule has 1 aromatic carbocycles. The number of anilines is 1. The van der Waals surface area contributed by atoms with Crippen molar-refractivity contribution in [1.82, 2.24) is 9.88 Å². The maximum Gasteiger partial charge on any atom is 0.416 e. The number of alkyl halides is 3. The summed E-state index contributed by atoms with van der Waals surface area (Å²) in [6.07, 6.45) is 2.27. The highest BCUT2D eigenvalue weighted by atomic mass is 19.4. The number of hydrogen-bond donors (Lipinski definition) is 2. The van der Waals surface area contributed by atoms with Crippen molar-refractivity contribution in [3.05, 3.63) is 58.9 Å². The second-order valence-corrected chi connectivity index (χ2v) is 9.27. The molecule has 1 saturated heterocycles. The van der Waals surface area contributed by atoms with Crippen LogP contribution in [0.15, 0.2) is 36.4 Å². The Bertz CT molecular complexity index is 998. The largest absolute Gasteiger partial charge is 0.480 e. The number of rotatable bonds is 10. The number of halogens is 3. The van der Waals surface area contributed by atoms with E-state index in [0.29, 0.717) is 31.7 Å². The lowest BCUT2D eigenvalue weighted by atomic mass is 10.0. The van der Waals surface area contributed by atoms with Crippen LogP contribution in [0.1, 0.15) is 60.7 Å². The summed E-state index contributed by atoms with van der Waals surface area (Å²) < 4.78 is 44.5. The molecule has 2 aliphatic rings. The first-order valence-electron chi connectivity index (χ1n) is 12.3. The van der Waals surface area contributed by atoms with E-state index in [1.165, 1.54) is 17.8 Å². The van der Waals surface area contributed by atoms with Crippen LogP contribution in [0.5, 0.6) is 0 Å². The molecule has 1 aromatic heterocycles. The molecule has 9 heteroatoms. The van der Waals surface area contributed by atoms with Gasteiger partial charge < -0.3 is 15.2 Å². The van der Waals surface area contributed by atoms with Gasteiger partial charge in [0.1, 0.15) is 6.04 Å². The number of likely N-dealkylation sites (tertiary alicyclic amines) is 1. The molecule has 1 fully saturated rings. The fourth-order valence-electron chi connectivity index (χ4n) is 4.84. The number of aryl methyl sites for hydroxylation is 2. The molecule has 2 N–H and O–H groups in total. The lowest BCUT2D eigenvalue weighted by Crippen LogP contribution is -2.33. The molecule has 6 nitrogen and oxygen atoms in total. The summed E-state index contributed by atoms with van der Waals surface area (Å²) >= 11 is 0. The quantitative estimate of drug-likeness (QED) is 0.451. The third kappa shape index (κ3) is 6.73. The second-order valence-electron chi connectivity index (χ2n) is 9.27. The van der Waals surface area contributed by atoms with Gasteiger partial charge in [-0.15, -0.1) is 0 Å². The Morgan fingerprint density at radius 1 is 1.17 bits per heavy atom. The number of carboxylic acids is 1. The fourth-order valence-corrected chi connectivity index (χ4v) is 4.84. The smallest absolute Gasteiger partial charge is 0.416 e. The first-order valence-corrected chi connectivity index (χ1v) is 12.3. The molecule has 3 heterocycles. The normalized spacial score (nSPS) is 19.2. The van der Waals surface area contributed by atoms with Crippen LogP contribution in [-0.2, 0) is 28.5 Å². The summed E-state index contributed by atoms with van der Waals surface area (Å²) in [5, 5.41) is 13.1. The van der Waals surface area contributed by atoms with E-state index >= 15 is 0 Å². The molecule has 4 rings (SSSR count). The van der Waals surface area contributed by atoms with Crippen molar-refractivity contribution in [2.24, 2.45) is 0 Å². The van der Waals surface area contributed by atoms with Gasteiger partial charge in [0.2, 0.25) is 0 Å². The van der Waals surface area contributed by atoms with E-state index in [1.54, 1.807) is 4.90 Å². The van der Waals surface area contributed by atoms with Gasteiger partial charge in [-0.3, -0.25) is 14.7 Å². The molecule has 0 aliphatic carbocycles. The summed E-state index contributed by atoms with van der Waals surface area (Å²) in [5.74, 6) is -1.07. The molecule has 35 heavy (non-hydrogen) atoms. The summed E-state index contributed by atoms with van der Waals surface area (Å²) in [4.78, 5) is 18.4. The van der Waals surface area contributed by atoms with Gasteiger partial charge in [-0.1, -0.05) is 18.6 Å². The summed E-state index contributed by atoms with van der Waals surface area (Å²) in [7, 11) is 0. The van der Waals surface area contributed by atoms with Crippen molar-refractivity contribution in [2.75, 3.05) is 31.6 Å². The topological polar surface area (TPSA) is 74.7 Å². The van der Waals surface area contributed by atoms with E-state index in [1.807, 2.05) is 0 Å². The second kappa shape index (κ2) is 11.4. The van der Waals surface area contributed by atoms with Crippen molar-refractivity contribution in [3.63, 3.8) is 0 Å². The Labute approximate surface area is 203 Å². The van der Waals surface area contributed by atoms with Crippen molar-refractivity contribution >= 4 is 11.7 Å². The van der Waals surface area contributed by atoms with Gasteiger partial charge in [0, 0.05) is 31.9 Å². The van der Waals surface area contributed by atoms with Gasteiger partial charge in [-0.25, -0.2) is 0 Å². The fraction of sp³-hybridized carbons (Fsp3) is 0.538. The van der Waals surface area contributed by atoms with Crippen molar-refractivity contribution in [1.29, 1.82) is 0 Å². The van der Waals surface area contributed by atoms with E-state index in [9.17, 15) is 23.1 Å². The molecular formula is C26H32F3N3O3. The third-order valence-corrected chi connectivity index (χ3v) is 6.70. The predicted octanol–water partition coefficient (Wildman–Crippen LogP) is 5.09. The highest BCUT2D eigenvalue weighted by Gasteiger charge is 2.35. The number of carbonyl (C=O) groups is 1. The molecular weight excluding hydrogens is 459 g/mol. The van der Waals surface area contributed by atoms with Crippen LogP contribution in [0.2, 0.25) is 0 Å². The minimum atomic E-state index is -4.45. The van der Waals surface area contributed by atoms with E-state index < -0.39 is 23.8 Å². The Kier molecular flexibility index (Phi) is 8.28. The zero-order chi connectivity index (χ0) is 24.8. The van der Waals surface area contributed by atoms with E-state index in [4.69, 9.17) is 9.72 Å². The Hall–Kier alpha value is -2.65. The molecule has 2 aromatic rings. The number of fused-ring (bicyclic) bond motifs is 1. The van der Waals surface area contributed by atoms with Crippen LogP contribution in [0.3, 0.4) is 0 Å². The number of ether oxygens (including phenoxy) is 1. The van der Waals surface area contributed by atoms with Gasteiger partial charge in [-0.05, 0) is 68.4 Å². The van der Waals surface area contributed by atoms with E-state index in [0.717, 1.165) is 68.6 Å². The van der Waals surface area contributed by atoms with Crippen molar-refractivity contribution in [2.45, 2.75) is 63.3 Å². The van der Waals surface area contributed by atoms with Crippen LogP contribution in [0.4, 0.5) is 18.9 Å². The Morgan fingerprint density at radius 2 is 1.97 bits per heavy atom. The molecule has 0 bridgehead atoms. The number of benzene rings is 1. The molecule has 1 unspecified atom stereocenters. The molecule has 0 amide bonds. The number of hydrogen-bond acceptors (Lipinski definition) is 5.